The highest BCUT2D eigenvalue weighted by Gasteiger charge is 2.18. The molecule has 0 aliphatic heterocycles. The van der Waals surface area contributed by atoms with Crippen molar-refractivity contribution in [2.24, 2.45) is 11.7 Å². The van der Waals surface area contributed by atoms with Gasteiger partial charge in [0.1, 0.15) is 5.82 Å². The fourth-order valence-corrected chi connectivity index (χ4v) is 1.41. The molecule has 3 N–H and O–H groups in total. The van der Waals surface area contributed by atoms with Crippen LogP contribution in [0.5, 0.6) is 0 Å². The summed E-state index contributed by atoms with van der Waals surface area (Å²) in [6.07, 6.45) is 3.26. The lowest BCUT2D eigenvalue weighted by Gasteiger charge is -2.15. The fraction of sp³-hybridized carbons (Fsp3) is 0.364. The Morgan fingerprint density at radius 1 is 1.39 bits per heavy atom. The molecule has 2 rings (SSSR count). The highest BCUT2D eigenvalue weighted by Crippen LogP contribution is 2.10. The van der Waals surface area contributed by atoms with E-state index >= 15 is 0 Å². The maximum atomic E-state index is 11.9. The minimum atomic E-state index is -0.256. The van der Waals surface area contributed by atoms with Gasteiger partial charge in [0.05, 0.1) is 12.1 Å². The maximum absolute atomic E-state index is 11.9. The van der Waals surface area contributed by atoms with Gasteiger partial charge in [0.25, 0.3) is 0 Å². The van der Waals surface area contributed by atoms with Gasteiger partial charge in [-0.05, 0) is 13.0 Å². The first-order chi connectivity index (χ1) is 8.09. The van der Waals surface area contributed by atoms with E-state index in [-0.39, 0.29) is 30.3 Å². The van der Waals surface area contributed by atoms with Gasteiger partial charge in [-0.2, -0.15) is 9.61 Å². The fourth-order valence-electron chi connectivity index (χ4n) is 1.41. The summed E-state index contributed by atoms with van der Waals surface area (Å²) in [6.45, 7) is 3.60. The topological polar surface area (TPSA) is 85.3 Å². The molecule has 1 amide bonds. The molecule has 0 aliphatic rings. The van der Waals surface area contributed by atoms with Gasteiger partial charge in [-0.25, -0.2) is 4.98 Å². The number of rotatable bonds is 3. The smallest absolute Gasteiger partial charge is 0.229 e. The summed E-state index contributed by atoms with van der Waals surface area (Å²) in [7, 11) is 0. The Morgan fingerprint density at radius 2 is 2.11 bits per heavy atom. The lowest BCUT2D eigenvalue weighted by Crippen LogP contribution is -2.34. The first-order valence-corrected chi connectivity index (χ1v) is 5.45. The molecule has 0 saturated carbocycles. The van der Waals surface area contributed by atoms with Crippen LogP contribution < -0.4 is 11.1 Å². The molecule has 6 nitrogen and oxygen atoms in total. The average Bonchev–Trinajstić information content (AvgIpc) is 2.76. The average molecular weight is 270 g/mol. The van der Waals surface area contributed by atoms with Gasteiger partial charge in [0.2, 0.25) is 5.91 Å². The van der Waals surface area contributed by atoms with Crippen LogP contribution in [0, 0.1) is 5.92 Å². The Kier molecular flexibility index (Phi) is 4.63. The largest absolute Gasteiger partial charge is 0.327 e. The van der Waals surface area contributed by atoms with E-state index in [1.807, 2.05) is 0 Å². The van der Waals surface area contributed by atoms with Crippen LogP contribution in [-0.2, 0) is 4.79 Å². The van der Waals surface area contributed by atoms with Crippen molar-refractivity contribution in [2.45, 2.75) is 19.9 Å². The molecule has 0 bridgehead atoms. The number of halogens is 1. The molecule has 0 spiro atoms. The van der Waals surface area contributed by atoms with Crippen molar-refractivity contribution in [3.8, 4) is 0 Å². The number of carbonyl (C=O) groups excluding carboxylic acids is 1. The number of hydrogen-bond acceptors (Lipinski definition) is 4. The summed E-state index contributed by atoms with van der Waals surface area (Å²) in [5.74, 6) is 0.217. The molecule has 2 aromatic rings. The van der Waals surface area contributed by atoms with Crippen LogP contribution >= 0.6 is 12.4 Å². The van der Waals surface area contributed by atoms with E-state index < -0.39 is 0 Å². The van der Waals surface area contributed by atoms with E-state index in [0.29, 0.717) is 11.5 Å². The van der Waals surface area contributed by atoms with E-state index in [1.165, 1.54) is 0 Å². The van der Waals surface area contributed by atoms with Crippen LogP contribution in [0.2, 0.25) is 0 Å². The Labute approximate surface area is 111 Å². The van der Waals surface area contributed by atoms with Crippen molar-refractivity contribution in [3.63, 3.8) is 0 Å². The van der Waals surface area contributed by atoms with Gasteiger partial charge >= 0.3 is 0 Å². The van der Waals surface area contributed by atoms with Gasteiger partial charge in [-0.15, -0.1) is 12.4 Å². The first-order valence-electron chi connectivity index (χ1n) is 5.45. The number of nitrogens with two attached hydrogens (primary N) is 1. The van der Waals surface area contributed by atoms with E-state index in [0.717, 1.165) is 0 Å². The number of fused-ring (bicyclic) bond motifs is 1. The van der Waals surface area contributed by atoms with Crippen LogP contribution in [0.4, 0.5) is 5.82 Å². The second kappa shape index (κ2) is 5.79. The number of nitrogens with one attached hydrogen (secondary N) is 1. The molecule has 98 valence electrons. The normalized spacial score (nSPS) is 13.7. The SMILES string of the molecule is CC(N)C(C)C(=O)Nc1ccnc2ccnn12.Cl. The van der Waals surface area contributed by atoms with E-state index in [4.69, 9.17) is 5.73 Å². The number of hydrogen-bond donors (Lipinski definition) is 2. The van der Waals surface area contributed by atoms with Gasteiger partial charge in [0, 0.05) is 18.3 Å². The summed E-state index contributed by atoms with van der Waals surface area (Å²) in [4.78, 5) is 16.0. The minimum absolute atomic E-state index is 0. The lowest BCUT2D eigenvalue weighted by atomic mass is 10.0. The predicted octanol–water partition coefficient (Wildman–Crippen LogP) is 1.07. The second-order valence-corrected chi connectivity index (χ2v) is 4.07. The van der Waals surface area contributed by atoms with Gasteiger partial charge < -0.3 is 11.1 Å². The quantitative estimate of drug-likeness (QED) is 0.873. The number of aromatic nitrogens is 3. The lowest BCUT2D eigenvalue weighted by molar-refractivity contribution is -0.119. The van der Waals surface area contributed by atoms with Crippen molar-refractivity contribution >= 4 is 29.8 Å². The highest BCUT2D eigenvalue weighted by molar-refractivity contribution is 5.92. The monoisotopic (exact) mass is 269 g/mol. The molecule has 0 aliphatic carbocycles. The van der Waals surface area contributed by atoms with Crippen LogP contribution in [0.15, 0.2) is 24.5 Å². The molecule has 2 atom stereocenters. The third kappa shape index (κ3) is 2.77. The van der Waals surface area contributed by atoms with Crippen molar-refractivity contribution in [1.29, 1.82) is 0 Å². The zero-order valence-corrected chi connectivity index (χ0v) is 11.0. The zero-order chi connectivity index (χ0) is 12.4. The number of nitrogens with zero attached hydrogens (tertiary/aromatic N) is 3. The van der Waals surface area contributed by atoms with Crippen LogP contribution in [0.25, 0.3) is 5.65 Å². The van der Waals surface area contributed by atoms with Crippen LogP contribution in [-0.4, -0.2) is 26.5 Å². The van der Waals surface area contributed by atoms with Gasteiger partial charge in [0.15, 0.2) is 5.65 Å². The molecule has 0 saturated heterocycles. The molecule has 0 aromatic carbocycles. The van der Waals surface area contributed by atoms with Gasteiger partial charge in [-0.1, -0.05) is 6.92 Å². The third-order valence-corrected chi connectivity index (χ3v) is 2.74. The minimum Gasteiger partial charge on any atom is -0.327 e. The Balaban J connectivity index is 0.00000162. The zero-order valence-electron chi connectivity index (χ0n) is 10.2. The van der Waals surface area contributed by atoms with E-state index in [2.05, 4.69) is 15.4 Å². The summed E-state index contributed by atoms with van der Waals surface area (Å²) in [5.41, 5.74) is 6.38. The third-order valence-electron chi connectivity index (χ3n) is 2.74. The summed E-state index contributed by atoms with van der Waals surface area (Å²) in [6, 6.07) is 3.28. The van der Waals surface area contributed by atoms with Crippen molar-refractivity contribution in [1.82, 2.24) is 14.6 Å². The van der Waals surface area contributed by atoms with Crippen molar-refractivity contribution < 1.29 is 4.79 Å². The van der Waals surface area contributed by atoms with Crippen LogP contribution in [0.1, 0.15) is 13.8 Å². The molecular formula is C11H16ClN5O. The summed E-state index contributed by atoms with van der Waals surface area (Å²) in [5, 5.41) is 6.88. The van der Waals surface area contributed by atoms with Crippen LogP contribution in [0.3, 0.4) is 0 Å². The first kappa shape index (κ1) is 14.4. The van der Waals surface area contributed by atoms with Gasteiger partial charge in [-0.3, -0.25) is 4.79 Å². The molecule has 18 heavy (non-hydrogen) atoms. The molecule has 0 fully saturated rings. The molecule has 0 radical (unpaired) electrons. The number of carbonyl (C=O) groups is 1. The standard InChI is InChI=1S/C11H15N5O.ClH/c1-7(8(2)12)11(17)15-10-3-5-13-9-4-6-14-16(9)10;/h3-8H,12H2,1-2H3,(H,15,17);1H. The predicted molar refractivity (Wildman–Crippen MR) is 71.7 cm³/mol. The summed E-state index contributed by atoms with van der Waals surface area (Å²) >= 11 is 0. The van der Waals surface area contributed by atoms with Crippen molar-refractivity contribution in [3.05, 3.63) is 24.5 Å². The molecule has 2 aromatic heterocycles. The Bertz CT molecular complexity index is 539. The number of anilines is 1. The Morgan fingerprint density at radius 3 is 2.78 bits per heavy atom. The molecule has 7 heteroatoms. The van der Waals surface area contributed by atoms with E-state index in [9.17, 15) is 4.79 Å². The second-order valence-electron chi connectivity index (χ2n) is 4.07. The Hall–Kier alpha value is -1.66. The van der Waals surface area contributed by atoms with E-state index in [1.54, 1.807) is 42.9 Å². The number of amides is 1. The van der Waals surface area contributed by atoms with Crippen molar-refractivity contribution in [2.75, 3.05) is 5.32 Å². The molecule has 2 unspecified atom stereocenters. The summed E-state index contributed by atoms with van der Waals surface area (Å²) < 4.78 is 1.58. The maximum Gasteiger partial charge on any atom is 0.229 e. The molecular weight excluding hydrogens is 254 g/mol. The molecule has 2 heterocycles. The highest BCUT2D eigenvalue weighted by atomic mass is 35.5.